The summed E-state index contributed by atoms with van der Waals surface area (Å²) >= 11 is 5.80. The summed E-state index contributed by atoms with van der Waals surface area (Å²) in [6.45, 7) is 0. The first-order chi connectivity index (χ1) is 19.9. The fraction of sp³-hybridized carbons (Fsp3) is 0.226. The van der Waals surface area contributed by atoms with E-state index in [1.807, 2.05) is 47.4 Å². The van der Waals surface area contributed by atoms with Crippen LogP contribution in [0.1, 0.15) is 69.9 Å². The summed E-state index contributed by atoms with van der Waals surface area (Å²) < 4.78 is 12.5. The minimum absolute atomic E-state index is 0.144. The van der Waals surface area contributed by atoms with Crippen LogP contribution in [0.4, 0.5) is 5.69 Å². The van der Waals surface area contributed by atoms with Gasteiger partial charge >= 0.3 is 11.9 Å². The first kappa shape index (κ1) is 26.5. The SMILES string of the molecule is O=C(O)c1cc(C(=O)O)cc(-c2ccc([C@H]3[C@H](c4ccccn4)NC(=S)N3c3ccc(OC4CCCC4)cc3)o2)c1. The molecule has 0 spiro atoms. The van der Waals surface area contributed by atoms with Gasteiger partial charge in [-0.25, -0.2) is 9.59 Å². The van der Waals surface area contributed by atoms with Crippen LogP contribution in [0.3, 0.4) is 0 Å². The Morgan fingerprint density at radius 3 is 2.29 bits per heavy atom. The number of carboxylic acid groups (broad SMARTS) is 2. The Morgan fingerprint density at radius 1 is 0.951 bits per heavy atom. The fourth-order valence-corrected chi connectivity index (χ4v) is 5.84. The van der Waals surface area contributed by atoms with Gasteiger partial charge < -0.3 is 29.6 Å². The van der Waals surface area contributed by atoms with Gasteiger partial charge in [0, 0.05) is 17.4 Å². The molecule has 6 rings (SSSR count). The number of anilines is 1. The highest BCUT2D eigenvalue weighted by atomic mass is 32.1. The molecule has 0 amide bonds. The lowest BCUT2D eigenvalue weighted by molar-refractivity contribution is 0.0696. The van der Waals surface area contributed by atoms with Gasteiger partial charge in [-0.15, -0.1) is 0 Å². The first-order valence-electron chi connectivity index (χ1n) is 13.4. The van der Waals surface area contributed by atoms with E-state index in [-0.39, 0.29) is 23.3 Å². The van der Waals surface area contributed by atoms with Gasteiger partial charge in [-0.3, -0.25) is 4.98 Å². The number of carbonyl (C=O) groups is 2. The summed E-state index contributed by atoms with van der Waals surface area (Å²) in [5.41, 5.74) is 1.66. The molecule has 0 unspecified atom stereocenters. The van der Waals surface area contributed by atoms with Crippen molar-refractivity contribution < 1.29 is 29.0 Å². The zero-order chi connectivity index (χ0) is 28.5. The number of ether oxygens (including phenoxy) is 1. The first-order valence-corrected chi connectivity index (χ1v) is 13.8. The highest BCUT2D eigenvalue weighted by Crippen LogP contribution is 2.43. The maximum Gasteiger partial charge on any atom is 0.335 e. The molecular formula is C31H27N3O6S. The van der Waals surface area contributed by atoms with Crippen LogP contribution in [0.5, 0.6) is 5.75 Å². The van der Waals surface area contributed by atoms with Gasteiger partial charge in [0.15, 0.2) is 5.11 Å². The largest absolute Gasteiger partial charge is 0.490 e. The Kier molecular flexibility index (Phi) is 7.15. The van der Waals surface area contributed by atoms with Gasteiger partial charge in [0.25, 0.3) is 0 Å². The van der Waals surface area contributed by atoms with Crippen LogP contribution >= 0.6 is 12.2 Å². The lowest BCUT2D eigenvalue weighted by Crippen LogP contribution is -2.29. The molecule has 1 saturated heterocycles. The van der Waals surface area contributed by atoms with Crippen molar-refractivity contribution in [3.63, 3.8) is 0 Å². The zero-order valence-electron chi connectivity index (χ0n) is 21.9. The molecule has 1 saturated carbocycles. The smallest absolute Gasteiger partial charge is 0.335 e. The van der Waals surface area contributed by atoms with Crippen LogP contribution in [0, 0.1) is 0 Å². The van der Waals surface area contributed by atoms with Gasteiger partial charge in [-0.1, -0.05) is 6.07 Å². The third-order valence-electron chi connectivity index (χ3n) is 7.45. The lowest BCUT2D eigenvalue weighted by atomic mass is 10.0. The van der Waals surface area contributed by atoms with Gasteiger partial charge in [0.05, 0.1) is 29.0 Å². The van der Waals surface area contributed by atoms with Crippen molar-refractivity contribution in [2.24, 2.45) is 0 Å². The number of hydrogen-bond acceptors (Lipinski definition) is 6. The Hall–Kier alpha value is -4.70. The van der Waals surface area contributed by atoms with Crippen molar-refractivity contribution in [2.75, 3.05) is 4.90 Å². The van der Waals surface area contributed by atoms with E-state index in [0.29, 0.717) is 22.2 Å². The van der Waals surface area contributed by atoms with Crippen molar-refractivity contribution in [1.82, 2.24) is 10.3 Å². The van der Waals surface area contributed by atoms with Crippen molar-refractivity contribution in [1.29, 1.82) is 0 Å². The standard InChI is InChI=1S/C31H27N3O6S/c35-29(36)19-15-18(16-20(17-19)30(37)38)25-12-13-26(40-25)28-27(24-7-3-4-14-32-24)33-31(41)34(28)21-8-10-23(11-9-21)39-22-5-1-2-6-22/h3-4,7-17,22,27-28H,1-2,5-6H2,(H,33,41)(H,35,36)(H,37,38)/t27-,28-/m0/s1. The van der Waals surface area contributed by atoms with E-state index in [1.165, 1.54) is 25.0 Å². The Labute approximate surface area is 241 Å². The van der Waals surface area contributed by atoms with E-state index in [2.05, 4.69) is 10.3 Å². The molecule has 1 aliphatic carbocycles. The molecule has 10 heteroatoms. The number of aromatic carboxylic acids is 2. The fourth-order valence-electron chi connectivity index (χ4n) is 5.49. The molecule has 3 heterocycles. The molecule has 41 heavy (non-hydrogen) atoms. The van der Waals surface area contributed by atoms with Crippen molar-refractivity contribution in [3.05, 3.63) is 102 Å². The summed E-state index contributed by atoms with van der Waals surface area (Å²) in [4.78, 5) is 29.8. The summed E-state index contributed by atoms with van der Waals surface area (Å²) in [5.74, 6) is -0.763. The number of nitrogens with zero attached hydrogens (tertiary/aromatic N) is 2. The minimum atomic E-state index is -1.23. The molecule has 1 aliphatic heterocycles. The predicted octanol–water partition coefficient (Wildman–Crippen LogP) is 6.24. The molecule has 2 atom stereocenters. The molecule has 3 N–H and O–H groups in total. The van der Waals surface area contributed by atoms with E-state index in [9.17, 15) is 19.8 Å². The number of hydrogen-bond donors (Lipinski definition) is 3. The Bertz CT molecular complexity index is 1570. The second kappa shape index (κ2) is 11.1. The maximum absolute atomic E-state index is 11.7. The molecule has 9 nitrogen and oxygen atoms in total. The Morgan fingerprint density at radius 2 is 1.66 bits per heavy atom. The molecular weight excluding hydrogens is 542 g/mol. The predicted molar refractivity (Wildman–Crippen MR) is 155 cm³/mol. The number of carboxylic acids is 2. The highest BCUT2D eigenvalue weighted by molar-refractivity contribution is 7.80. The summed E-state index contributed by atoms with van der Waals surface area (Å²) in [6, 6.07) is 20.1. The van der Waals surface area contributed by atoms with Gasteiger partial charge in [0.1, 0.15) is 23.3 Å². The summed E-state index contributed by atoms with van der Waals surface area (Å²) in [5, 5.41) is 22.9. The molecule has 4 aromatic rings. The number of pyridine rings is 1. The quantitative estimate of drug-likeness (QED) is 0.210. The highest BCUT2D eigenvalue weighted by Gasteiger charge is 2.42. The zero-order valence-corrected chi connectivity index (χ0v) is 22.7. The van der Waals surface area contributed by atoms with Crippen LogP contribution in [0.25, 0.3) is 11.3 Å². The van der Waals surface area contributed by atoms with Crippen molar-refractivity contribution in [3.8, 4) is 17.1 Å². The molecule has 0 bridgehead atoms. The number of nitrogens with one attached hydrogen (secondary N) is 1. The minimum Gasteiger partial charge on any atom is -0.490 e. The van der Waals surface area contributed by atoms with E-state index in [0.717, 1.165) is 36.0 Å². The monoisotopic (exact) mass is 569 g/mol. The molecule has 2 aromatic carbocycles. The van der Waals surface area contributed by atoms with Crippen LogP contribution in [0.15, 0.2) is 83.4 Å². The average Bonchev–Trinajstić information content (AvgIpc) is 3.74. The number of thiocarbonyl (C=S) groups is 1. The van der Waals surface area contributed by atoms with Gasteiger partial charge in [-0.05, 0) is 105 Å². The van der Waals surface area contributed by atoms with Gasteiger partial charge in [-0.2, -0.15) is 0 Å². The molecule has 2 aliphatic rings. The molecule has 2 fully saturated rings. The van der Waals surface area contributed by atoms with Crippen LogP contribution < -0.4 is 15.0 Å². The normalized spacial score (nSPS) is 18.8. The van der Waals surface area contributed by atoms with Crippen LogP contribution in [0.2, 0.25) is 0 Å². The number of benzene rings is 2. The molecule has 208 valence electrons. The van der Waals surface area contributed by atoms with Gasteiger partial charge in [0.2, 0.25) is 0 Å². The summed E-state index contributed by atoms with van der Waals surface area (Å²) in [7, 11) is 0. The number of furan rings is 1. The topological polar surface area (TPSA) is 125 Å². The number of aromatic nitrogens is 1. The van der Waals surface area contributed by atoms with Crippen LogP contribution in [-0.4, -0.2) is 38.4 Å². The lowest BCUT2D eigenvalue weighted by Gasteiger charge is -2.26. The van der Waals surface area contributed by atoms with E-state index in [1.54, 1.807) is 18.3 Å². The Balaban J connectivity index is 1.37. The number of rotatable bonds is 8. The third-order valence-corrected chi connectivity index (χ3v) is 7.76. The van der Waals surface area contributed by atoms with Crippen molar-refractivity contribution in [2.45, 2.75) is 43.9 Å². The molecule has 2 aromatic heterocycles. The second-order valence-corrected chi connectivity index (χ2v) is 10.5. The van der Waals surface area contributed by atoms with E-state index < -0.39 is 18.0 Å². The van der Waals surface area contributed by atoms with Crippen LogP contribution in [-0.2, 0) is 0 Å². The van der Waals surface area contributed by atoms with E-state index in [4.69, 9.17) is 21.4 Å². The van der Waals surface area contributed by atoms with Crippen molar-refractivity contribution >= 4 is 35.0 Å². The van der Waals surface area contributed by atoms with E-state index >= 15 is 0 Å². The second-order valence-electron chi connectivity index (χ2n) is 10.1. The average molecular weight is 570 g/mol. The molecule has 0 radical (unpaired) electrons. The maximum atomic E-state index is 11.7. The third kappa shape index (κ3) is 5.38. The summed E-state index contributed by atoms with van der Waals surface area (Å²) in [6.07, 6.45) is 6.49.